The van der Waals surface area contributed by atoms with Crippen LogP contribution < -0.4 is 5.14 Å². The summed E-state index contributed by atoms with van der Waals surface area (Å²) in [7, 11) is -2.57. The number of benzene rings is 1. The Morgan fingerprint density at radius 3 is 2.57 bits per heavy atom. The van der Waals surface area contributed by atoms with Gasteiger partial charge in [-0.25, -0.2) is 17.9 Å². The van der Waals surface area contributed by atoms with E-state index in [4.69, 9.17) is 5.14 Å². The molecule has 0 heterocycles. The van der Waals surface area contributed by atoms with Crippen LogP contribution in [0, 0.1) is 11.7 Å². The third-order valence-electron chi connectivity index (χ3n) is 3.66. The number of nitrogens with two attached hydrogens (primary N) is 1. The van der Waals surface area contributed by atoms with Gasteiger partial charge in [-0.2, -0.15) is 0 Å². The van der Waals surface area contributed by atoms with Gasteiger partial charge in [0.05, 0.1) is 5.56 Å². The zero-order valence-corrected chi connectivity index (χ0v) is 13.9. The van der Waals surface area contributed by atoms with E-state index in [0.29, 0.717) is 12.5 Å². The Morgan fingerprint density at radius 1 is 1.48 bits per heavy atom. The number of primary sulfonamides is 1. The lowest BCUT2D eigenvalue weighted by Crippen LogP contribution is -2.34. The first-order valence-electron chi connectivity index (χ1n) is 6.47. The van der Waals surface area contributed by atoms with Crippen molar-refractivity contribution in [1.82, 2.24) is 4.90 Å². The van der Waals surface area contributed by atoms with Crippen LogP contribution in [0.5, 0.6) is 0 Å². The average molecular weight is 379 g/mol. The third-order valence-corrected chi connectivity index (χ3v) is 5.24. The van der Waals surface area contributed by atoms with E-state index in [1.807, 2.05) is 0 Å². The molecule has 0 unspecified atom stereocenters. The van der Waals surface area contributed by atoms with Crippen LogP contribution in [0.15, 0.2) is 21.5 Å². The second-order valence-corrected chi connectivity index (χ2v) is 7.67. The minimum absolute atomic E-state index is 0.0854. The van der Waals surface area contributed by atoms with E-state index in [1.165, 1.54) is 11.3 Å². The Kier molecular flexibility index (Phi) is 4.69. The van der Waals surface area contributed by atoms with Crippen LogP contribution in [0.25, 0.3) is 0 Å². The molecular formula is C13H16BrFN2O3S. The van der Waals surface area contributed by atoms with Gasteiger partial charge in [-0.1, -0.05) is 6.42 Å². The van der Waals surface area contributed by atoms with Gasteiger partial charge in [0.25, 0.3) is 5.91 Å². The third kappa shape index (κ3) is 3.61. The van der Waals surface area contributed by atoms with Crippen molar-refractivity contribution in [3.8, 4) is 0 Å². The molecule has 1 saturated carbocycles. The molecule has 0 bridgehead atoms. The molecule has 1 aliphatic rings. The van der Waals surface area contributed by atoms with Crippen molar-refractivity contribution in [2.24, 2.45) is 11.1 Å². The molecule has 1 amide bonds. The first-order valence-corrected chi connectivity index (χ1v) is 8.81. The molecule has 1 fully saturated rings. The zero-order chi connectivity index (χ0) is 15.8. The summed E-state index contributed by atoms with van der Waals surface area (Å²) in [5.74, 6) is -0.864. The van der Waals surface area contributed by atoms with E-state index in [2.05, 4.69) is 15.9 Å². The van der Waals surface area contributed by atoms with E-state index in [0.717, 1.165) is 25.0 Å². The van der Waals surface area contributed by atoms with Gasteiger partial charge in [-0.05, 0) is 46.8 Å². The summed E-state index contributed by atoms with van der Waals surface area (Å²) in [6.07, 6.45) is 3.35. The minimum atomic E-state index is -4.22. The molecule has 0 atom stereocenters. The number of sulfonamides is 1. The molecule has 0 aromatic heterocycles. The van der Waals surface area contributed by atoms with Crippen molar-refractivity contribution in [2.75, 3.05) is 13.6 Å². The molecule has 1 aromatic rings. The molecular weight excluding hydrogens is 363 g/mol. The molecule has 2 rings (SSSR count). The number of hydrogen-bond acceptors (Lipinski definition) is 3. The first kappa shape index (κ1) is 16.4. The fraction of sp³-hybridized carbons (Fsp3) is 0.462. The molecule has 1 aliphatic carbocycles. The molecule has 0 aliphatic heterocycles. The lowest BCUT2D eigenvalue weighted by molar-refractivity contribution is 0.0744. The largest absolute Gasteiger partial charge is 0.341 e. The van der Waals surface area contributed by atoms with Gasteiger partial charge in [0.2, 0.25) is 10.0 Å². The van der Waals surface area contributed by atoms with Gasteiger partial charge < -0.3 is 4.90 Å². The monoisotopic (exact) mass is 378 g/mol. The fourth-order valence-corrected chi connectivity index (χ4v) is 3.36. The maximum absolute atomic E-state index is 13.7. The van der Waals surface area contributed by atoms with Crippen molar-refractivity contribution < 1.29 is 17.6 Å². The van der Waals surface area contributed by atoms with Crippen LogP contribution in [0.1, 0.15) is 29.6 Å². The molecule has 0 radical (unpaired) electrons. The summed E-state index contributed by atoms with van der Waals surface area (Å²) >= 11 is 3.09. The second kappa shape index (κ2) is 6.02. The van der Waals surface area contributed by atoms with Gasteiger partial charge in [-0.3, -0.25) is 4.79 Å². The molecule has 8 heteroatoms. The van der Waals surface area contributed by atoms with Crippen molar-refractivity contribution in [3.05, 3.63) is 28.0 Å². The van der Waals surface area contributed by atoms with E-state index in [1.54, 1.807) is 7.05 Å². The summed E-state index contributed by atoms with van der Waals surface area (Å²) in [6, 6.07) is 1.93. The summed E-state index contributed by atoms with van der Waals surface area (Å²) in [5, 5.41) is 4.96. The summed E-state index contributed by atoms with van der Waals surface area (Å²) in [5.41, 5.74) is 0.0854. The highest BCUT2D eigenvalue weighted by atomic mass is 79.9. The lowest BCUT2D eigenvalue weighted by Gasteiger charge is -2.30. The Bertz CT molecular complexity index is 674. The predicted molar refractivity (Wildman–Crippen MR) is 79.8 cm³/mol. The Labute approximate surface area is 131 Å². The minimum Gasteiger partial charge on any atom is -0.341 e. The van der Waals surface area contributed by atoms with Gasteiger partial charge in [0.1, 0.15) is 10.7 Å². The molecule has 1 aromatic carbocycles. The highest BCUT2D eigenvalue weighted by molar-refractivity contribution is 9.10. The number of carbonyl (C=O) groups excluding carboxylic acids is 1. The van der Waals surface area contributed by atoms with Crippen LogP contribution in [0.3, 0.4) is 0 Å². The van der Waals surface area contributed by atoms with Crippen LogP contribution in [0.2, 0.25) is 0 Å². The lowest BCUT2D eigenvalue weighted by atomic mass is 9.85. The quantitative estimate of drug-likeness (QED) is 0.870. The van der Waals surface area contributed by atoms with Gasteiger partial charge >= 0.3 is 0 Å². The average Bonchev–Trinajstić information content (AvgIpc) is 2.31. The summed E-state index contributed by atoms with van der Waals surface area (Å²) in [6.45, 7) is 0.605. The molecule has 2 N–H and O–H groups in total. The number of halogens is 2. The Hall–Kier alpha value is -0.990. The highest BCUT2D eigenvalue weighted by Gasteiger charge is 2.25. The summed E-state index contributed by atoms with van der Waals surface area (Å²) in [4.78, 5) is 13.2. The molecule has 5 nitrogen and oxygen atoms in total. The van der Waals surface area contributed by atoms with Crippen molar-refractivity contribution in [3.63, 3.8) is 0 Å². The standard InChI is InChI=1S/C13H16BrFN2O3S/c1-17(7-8-3-2-4-8)13(18)9-5-12(21(16,19)20)11(15)6-10(9)14/h5-6,8H,2-4,7H2,1H3,(H2,16,19,20). The van der Waals surface area contributed by atoms with E-state index in [9.17, 15) is 17.6 Å². The Balaban J connectivity index is 2.31. The zero-order valence-electron chi connectivity index (χ0n) is 11.5. The molecule has 0 spiro atoms. The molecule has 21 heavy (non-hydrogen) atoms. The molecule has 116 valence electrons. The highest BCUT2D eigenvalue weighted by Crippen LogP contribution is 2.29. The smallest absolute Gasteiger partial charge is 0.254 e. The fourth-order valence-electron chi connectivity index (χ4n) is 2.26. The number of rotatable bonds is 4. The van der Waals surface area contributed by atoms with Crippen LogP contribution in [-0.2, 0) is 10.0 Å². The van der Waals surface area contributed by atoms with Gasteiger partial charge in [0, 0.05) is 18.1 Å². The van der Waals surface area contributed by atoms with Crippen LogP contribution in [-0.4, -0.2) is 32.8 Å². The van der Waals surface area contributed by atoms with E-state index >= 15 is 0 Å². The normalized spacial score (nSPS) is 15.6. The topological polar surface area (TPSA) is 80.5 Å². The van der Waals surface area contributed by atoms with Crippen LogP contribution in [0.4, 0.5) is 4.39 Å². The Morgan fingerprint density at radius 2 is 2.10 bits per heavy atom. The van der Waals surface area contributed by atoms with Crippen molar-refractivity contribution >= 4 is 31.9 Å². The van der Waals surface area contributed by atoms with Gasteiger partial charge in [0.15, 0.2) is 0 Å². The van der Waals surface area contributed by atoms with Gasteiger partial charge in [-0.15, -0.1) is 0 Å². The molecule has 0 saturated heterocycles. The van der Waals surface area contributed by atoms with E-state index in [-0.39, 0.29) is 15.9 Å². The maximum Gasteiger partial charge on any atom is 0.254 e. The van der Waals surface area contributed by atoms with Crippen molar-refractivity contribution in [2.45, 2.75) is 24.2 Å². The number of nitrogens with zero attached hydrogens (tertiary/aromatic N) is 1. The first-order chi connectivity index (χ1) is 9.70. The number of amides is 1. The number of carbonyl (C=O) groups is 1. The predicted octanol–water partition coefficient (Wildman–Crippen LogP) is 2.11. The van der Waals surface area contributed by atoms with Crippen LogP contribution >= 0.6 is 15.9 Å². The summed E-state index contributed by atoms with van der Waals surface area (Å²) < 4.78 is 36.5. The van der Waals surface area contributed by atoms with E-state index < -0.39 is 20.7 Å². The SMILES string of the molecule is CN(CC1CCC1)C(=O)c1cc(S(N)(=O)=O)c(F)cc1Br. The maximum atomic E-state index is 13.7. The second-order valence-electron chi connectivity index (χ2n) is 5.29. The van der Waals surface area contributed by atoms with Crippen molar-refractivity contribution in [1.29, 1.82) is 0 Å². The number of hydrogen-bond donors (Lipinski definition) is 1.